The highest BCUT2D eigenvalue weighted by molar-refractivity contribution is 9.10. The molecule has 1 amide bonds. The molecule has 1 atom stereocenters. The summed E-state index contributed by atoms with van der Waals surface area (Å²) in [6.45, 7) is 2.00. The third kappa shape index (κ3) is 3.89. The summed E-state index contributed by atoms with van der Waals surface area (Å²) in [7, 11) is 1.64. The van der Waals surface area contributed by atoms with Crippen LogP contribution in [0.5, 0.6) is 0 Å². The molecule has 1 aromatic heterocycles. The second-order valence-corrected chi connectivity index (χ2v) is 5.33. The van der Waals surface area contributed by atoms with Gasteiger partial charge in [-0.3, -0.25) is 9.59 Å². The van der Waals surface area contributed by atoms with Gasteiger partial charge in [-0.05, 0) is 22.0 Å². The van der Waals surface area contributed by atoms with Crippen molar-refractivity contribution >= 4 is 27.5 Å². The normalized spacial score (nSPS) is 19.2. The number of amides is 1. The smallest absolute Gasteiger partial charge is 0.264 e. The summed E-state index contributed by atoms with van der Waals surface area (Å²) in [5, 5.41) is 5.99. The quantitative estimate of drug-likeness (QED) is 0.845. The van der Waals surface area contributed by atoms with E-state index in [1.165, 1.54) is 4.57 Å². The van der Waals surface area contributed by atoms with Crippen LogP contribution in [-0.2, 0) is 16.6 Å². The number of hydrogen-bond acceptors (Lipinski definition) is 4. The molecule has 1 aromatic rings. The van der Waals surface area contributed by atoms with Gasteiger partial charge in [0.15, 0.2) is 0 Å². The fraction of sp³-hybridized carbons (Fsp3) is 0.500. The predicted molar refractivity (Wildman–Crippen MR) is 75.2 cm³/mol. The number of nitrogens with zero attached hydrogens (tertiary/aromatic N) is 1. The number of rotatable bonds is 3. The number of pyridine rings is 1. The number of aromatic nitrogens is 1. The highest BCUT2D eigenvalue weighted by Crippen LogP contribution is 2.12. The van der Waals surface area contributed by atoms with Gasteiger partial charge >= 0.3 is 0 Å². The second kappa shape index (κ2) is 6.31. The first-order valence-electron chi connectivity index (χ1n) is 6.03. The molecule has 2 N–H and O–H groups in total. The number of anilines is 1. The lowest BCUT2D eigenvalue weighted by Gasteiger charge is -2.23. The highest BCUT2D eigenvalue weighted by Gasteiger charge is 2.17. The predicted octanol–water partition coefficient (Wildman–Crippen LogP) is 0.465. The molecule has 1 aliphatic heterocycles. The van der Waals surface area contributed by atoms with Gasteiger partial charge in [0.1, 0.15) is 0 Å². The minimum absolute atomic E-state index is 0.0460. The van der Waals surface area contributed by atoms with Crippen LogP contribution in [0.25, 0.3) is 0 Å². The molecule has 1 fully saturated rings. The Kier molecular flexibility index (Phi) is 4.73. The van der Waals surface area contributed by atoms with Crippen LogP contribution in [-0.4, -0.2) is 36.3 Å². The molecule has 0 radical (unpaired) electrons. The van der Waals surface area contributed by atoms with Crippen molar-refractivity contribution in [1.82, 2.24) is 9.88 Å². The first kappa shape index (κ1) is 14.2. The van der Waals surface area contributed by atoms with E-state index in [-0.39, 0.29) is 17.5 Å². The Labute approximate surface area is 119 Å². The number of carbonyl (C=O) groups is 1. The SMILES string of the molecule is Cn1cc(NC(=O)CC2COCCN2)cc(Br)c1=O. The van der Waals surface area contributed by atoms with E-state index in [0.717, 1.165) is 6.54 Å². The largest absolute Gasteiger partial charge is 0.378 e. The Morgan fingerprint density at radius 1 is 1.68 bits per heavy atom. The zero-order valence-electron chi connectivity index (χ0n) is 10.6. The average Bonchev–Trinajstić information content (AvgIpc) is 2.37. The molecule has 0 saturated carbocycles. The summed E-state index contributed by atoms with van der Waals surface area (Å²) in [5.41, 5.74) is 0.455. The molecule has 2 heterocycles. The van der Waals surface area contributed by atoms with Crippen LogP contribution in [0.4, 0.5) is 5.69 Å². The molecule has 0 bridgehead atoms. The van der Waals surface area contributed by atoms with E-state index < -0.39 is 0 Å². The fourth-order valence-corrected chi connectivity index (χ4v) is 2.45. The van der Waals surface area contributed by atoms with Crippen molar-refractivity contribution in [2.45, 2.75) is 12.5 Å². The second-order valence-electron chi connectivity index (χ2n) is 4.47. The minimum Gasteiger partial charge on any atom is -0.378 e. The molecule has 7 heteroatoms. The molecule has 19 heavy (non-hydrogen) atoms. The summed E-state index contributed by atoms with van der Waals surface area (Å²) in [4.78, 5) is 23.4. The van der Waals surface area contributed by atoms with Crippen molar-refractivity contribution in [2.24, 2.45) is 7.05 Å². The molecule has 1 aliphatic rings. The van der Waals surface area contributed by atoms with Gasteiger partial charge in [0.2, 0.25) is 5.91 Å². The maximum atomic E-state index is 11.9. The number of morpholine rings is 1. The van der Waals surface area contributed by atoms with Gasteiger partial charge in [-0.25, -0.2) is 0 Å². The summed E-state index contributed by atoms with van der Waals surface area (Å²) in [6.07, 6.45) is 1.94. The lowest BCUT2D eigenvalue weighted by molar-refractivity contribution is -0.117. The molecule has 2 rings (SSSR count). The van der Waals surface area contributed by atoms with Crippen molar-refractivity contribution < 1.29 is 9.53 Å². The van der Waals surface area contributed by atoms with Gasteiger partial charge in [0, 0.05) is 32.3 Å². The van der Waals surface area contributed by atoms with E-state index in [1.807, 2.05) is 0 Å². The van der Waals surface area contributed by atoms with Crippen molar-refractivity contribution in [3.63, 3.8) is 0 Å². The average molecular weight is 330 g/mol. The van der Waals surface area contributed by atoms with Gasteiger partial charge in [0.05, 0.1) is 23.4 Å². The van der Waals surface area contributed by atoms with Crippen LogP contribution in [0.2, 0.25) is 0 Å². The third-order valence-electron chi connectivity index (χ3n) is 2.85. The zero-order valence-corrected chi connectivity index (χ0v) is 12.2. The summed E-state index contributed by atoms with van der Waals surface area (Å²) >= 11 is 3.17. The molecule has 1 saturated heterocycles. The van der Waals surface area contributed by atoms with Crippen LogP contribution in [0, 0.1) is 0 Å². The number of aryl methyl sites for hydroxylation is 1. The van der Waals surface area contributed by atoms with Gasteiger partial charge in [-0.2, -0.15) is 0 Å². The van der Waals surface area contributed by atoms with E-state index in [1.54, 1.807) is 19.3 Å². The third-order valence-corrected chi connectivity index (χ3v) is 3.42. The van der Waals surface area contributed by atoms with E-state index in [9.17, 15) is 9.59 Å². The summed E-state index contributed by atoms with van der Waals surface area (Å²) in [5.74, 6) is -0.103. The van der Waals surface area contributed by atoms with Crippen LogP contribution in [0.15, 0.2) is 21.5 Å². The number of nitrogens with one attached hydrogen (secondary N) is 2. The van der Waals surface area contributed by atoms with Gasteiger partial charge < -0.3 is 19.9 Å². The highest BCUT2D eigenvalue weighted by atomic mass is 79.9. The van der Waals surface area contributed by atoms with Crippen molar-refractivity contribution in [1.29, 1.82) is 0 Å². The topological polar surface area (TPSA) is 72.4 Å². The summed E-state index contributed by atoms with van der Waals surface area (Å²) < 4.78 is 7.13. The Morgan fingerprint density at radius 2 is 2.47 bits per heavy atom. The minimum atomic E-state index is -0.139. The molecular formula is C12H16BrN3O3. The van der Waals surface area contributed by atoms with Gasteiger partial charge in [0.25, 0.3) is 5.56 Å². The van der Waals surface area contributed by atoms with Crippen LogP contribution < -0.4 is 16.2 Å². The first-order valence-corrected chi connectivity index (χ1v) is 6.82. The Morgan fingerprint density at radius 3 is 3.11 bits per heavy atom. The standard InChI is InChI=1S/C12H16BrN3O3/c1-16-6-8(4-10(13)12(16)18)15-11(17)5-9-7-19-3-2-14-9/h4,6,9,14H,2-3,5,7H2,1H3,(H,15,17). The lowest BCUT2D eigenvalue weighted by Crippen LogP contribution is -2.43. The fourth-order valence-electron chi connectivity index (χ4n) is 1.93. The number of halogens is 1. The Hall–Kier alpha value is -1.18. The van der Waals surface area contributed by atoms with Gasteiger partial charge in [-0.1, -0.05) is 0 Å². The van der Waals surface area contributed by atoms with Crippen LogP contribution in [0.3, 0.4) is 0 Å². The van der Waals surface area contributed by atoms with E-state index in [0.29, 0.717) is 29.8 Å². The van der Waals surface area contributed by atoms with E-state index >= 15 is 0 Å². The maximum absolute atomic E-state index is 11.9. The van der Waals surface area contributed by atoms with Crippen molar-refractivity contribution in [3.05, 3.63) is 27.1 Å². The molecule has 104 valence electrons. The zero-order chi connectivity index (χ0) is 13.8. The molecule has 6 nitrogen and oxygen atoms in total. The molecule has 0 aromatic carbocycles. The molecule has 0 aliphatic carbocycles. The number of hydrogen-bond donors (Lipinski definition) is 2. The molecule has 0 spiro atoms. The number of ether oxygens (including phenoxy) is 1. The monoisotopic (exact) mass is 329 g/mol. The first-order chi connectivity index (χ1) is 9.06. The lowest BCUT2D eigenvalue weighted by atomic mass is 10.2. The van der Waals surface area contributed by atoms with Crippen LogP contribution in [0.1, 0.15) is 6.42 Å². The Balaban J connectivity index is 1.96. The molecule has 1 unspecified atom stereocenters. The van der Waals surface area contributed by atoms with Crippen molar-refractivity contribution in [2.75, 3.05) is 25.1 Å². The van der Waals surface area contributed by atoms with E-state index in [2.05, 4.69) is 26.6 Å². The van der Waals surface area contributed by atoms with Crippen molar-refractivity contribution in [3.8, 4) is 0 Å². The summed E-state index contributed by atoms with van der Waals surface area (Å²) in [6, 6.07) is 1.65. The molecular weight excluding hydrogens is 314 g/mol. The Bertz CT molecular complexity index is 497. The number of carbonyl (C=O) groups excluding carboxylic acids is 1. The van der Waals surface area contributed by atoms with E-state index in [4.69, 9.17) is 4.74 Å². The van der Waals surface area contributed by atoms with Gasteiger partial charge in [-0.15, -0.1) is 0 Å². The van der Waals surface area contributed by atoms with Crippen LogP contribution >= 0.6 is 15.9 Å². The maximum Gasteiger partial charge on any atom is 0.264 e.